The minimum Gasteiger partial charge on any atom is -0.487 e. The summed E-state index contributed by atoms with van der Waals surface area (Å²) >= 11 is 1.27. The zero-order chi connectivity index (χ0) is 18.0. The molecule has 6 nitrogen and oxygen atoms in total. The zero-order valence-corrected chi connectivity index (χ0v) is 15.3. The van der Waals surface area contributed by atoms with Crippen molar-refractivity contribution in [3.05, 3.63) is 51.9 Å². The lowest BCUT2D eigenvalue weighted by Crippen LogP contribution is -2.57. The van der Waals surface area contributed by atoms with E-state index in [1.165, 1.54) is 17.8 Å². The SMILES string of the molecule is Cc1cccc(OC2CN(C(=O)C(C)Sc3nc(C)cc(=O)[nH]3)C2)c1. The Balaban J connectivity index is 1.51. The molecule has 0 bridgehead atoms. The van der Waals surface area contributed by atoms with E-state index < -0.39 is 0 Å². The molecule has 1 aromatic carbocycles. The number of aromatic nitrogens is 2. The molecule has 1 aliphatic heterocycles. The Morgan fingerprint density at radius 1 is 1.36 bits per heavy atom. The molecule has 25 heavy (non-hydrogen) atoms. The van der Waals surface area contributed by atoms with Crippen molar-refractivity contribution in [3.63, 3.8) is 0 Å². The highest BCUT2D eigenvalue weighted by Crippen LogP contribution is 2.24. The average molecular weight is 359 g/mol. The molecule has 1 N–H and O–H groups in total. The quantitative estimate of drug-likeness (QED) is 0.654. The molecule has 0 spiro atoms. The van der Waals surface area contributed by atoms with E-state index in [1.54, 1.807) is 11.8 Å². The summed E-state index contributed by atoms with van der Waals surface area (Å²) in [6.07, 6.45) is 0.0276. The van der Waals surface area contributed by atoms with E-state index in [9.17, 15) is 9.59 Å². The van der Waals surface area contributed by atoms with Crippen LogP contribution in [0.4, 0.5) is 0 Å². The number of nitrogens with zero attached hydrogens (tertiary/aromatic N) is 2. The van der Waals surface area contributed by atoms with Crippen molar-refractivity contribution in [3.8, 4) is 5.75 Å². The van der Waals surface area contributed by atoms with Crippen molar-refractivity contribution >= 4 is 17.7 Å². The summed E-state index contributed by atoms with van der Waals surface area (Å²) in [5, 5.41) is 0.156. The number of nitrogens with one attached hydrogen (secondary N) is 1. The Morgan fingerprint density at radius 2 is 2.12 bits per heavy atom. The molecule has 132 valence electrons. The summed E-state index contributed by atoms with van der Waals surface area (Å²) in [7, 11) is 0. The van der Waals surface area contributed by atoms with Crippen LogP contribution in [0.5, 0.6) is 5.75 Å². The van der Waals surface area contributed by atoms with Crippen LogP contribution in [0, 0.1) is 13.8 Å². The van der Waals surface area contributed by atoms with Gasteiger partial charge in [-0.1, -0.05) is 23.9 Å². The van der Waals surface area contributed by atoms with Gasteiger partial charge in [-0.2, -0.15) is 0 Å². The van der Waals surface area contributed by atoms with Gasteiger partial charge in [0.05, 0.1) is 18.3 Å². The second-order valence-corrected chi connectivity index (χ2v) is 7.58. The van der Waals surface area contributed by atoms with Gasteiger partial charge in [-0.25, -0.2) is 4.98 Å². The molecule has 0 aliphatic carbocycles. The summed E-state index contributed by atoms with van der Waals surface area (Å²) in [5.74, 6) is 0.860. The van der Waals surface area contributed by atoms with Crippen LogP contribution in [0.15, 0.2) is 40.3 Å². The molecule has 1 fully saturated rings. The Bertz CT molecular complexity index is 830. The van der Waals surface area contributed by atoms with Crippen molar-refractivity contribution in [2.24, 2.45) is 0 Å². The summed E-state index contributed by atoms with van der Waals surface area (Å²) in [6, 6.07) is 9.32. The fourth-order valence-corrected chi connectivity index (χ4v) is 3.60. The number of thioether (sulfide) groups is 1. The van der Waals surface area contributed by atoms with E-state index in [1.807, 2.05) is 38.1 Å². The fourth-order valence-electron chi connectivity index (χ4n) is 2.66. The molecule has 0 saturated carbocycles. The first-order valence-electron chi connectivity index (χ1n) is 8.17. The van der Waals surface area contributed by atoms with E-state index in [0.29, 0.717) is 23.9 Å². The first kappa shape index (κ1) is 17.5. The lowest BCUT2D eigenvalue weighted by Gasteiger charge is -2.40. The van der Waals surface area contributed by atoms with Crippen LogP contribution in [0.2, 0.25) is 0 Å². The number of aromatic amines is 1. The van der Waals surface area contributed by atoms with E-state index in [0.717, 1.165) is 11.3 Å². The van der Waals surface area contributed by atoms with Crippen molar-refractivity contribution in [2.75, 3.05) is 13.1 Å². The first-order valence-corrected chi connectivity index (χ1v) is 9.05. The Morgan fingerprint density at radius 3 is 2.80 bits per heavy atom. The number of aryl methyl sites for hydroxylation is 2. The van der Waals surface area contributed by atoms with Gasteiger partial charge in [-0.05, 0) is 38.5 Å². The lowest BCUT2D eigenvalue weighted by molar-refractivity contribution is -0.139. The third kappa shape index (κ3) is 4.42. The summed E-state index contributed by atoms with van der Waals surface area (Å²) < 4.78 is 5.88. The molecular weight excluding hydrogens is 338 g/mol. The highest BCUT2D eigenvalue weighted by molar-refractivity contribution is 8.00. The molecule has 7 heteroatoms. The molecule has 1 amide bonds. The van der Waals surface area contributed by atoms with E-state index in [4.69, 9.17) is 4.74 Å². The van der Waals surface area contributed by atoms with Gasteiger partial charge in [0, 0.05) is 11.8 Å². The van der Waals surface area contributed by atoms with E-state index in [2.05, 4.69) is 9.97 Å². The highest BCUT2D eigenvalue weighted by atomic mass is 32.2. The van der Waals surface area contributed by atoms with Crippen LogP contribution in [-0.2, 0) is 4.79 Å². The summed E-state index contributed by atoms with van der Waals surface area (Å²) in [5.41, 5.74) is 1.58. The predicted molar refractivity (Wildman–Crippen MR) is 97.1 cm³/mol. The monoisotopic (exact) mass is 359 g/mol. The molecule has 1 aromatic heterocycles. The smallest absolute Gasteiger partial charge is 0.251 e. The minimum absolute atomic E-state index is 0.0262. The van der Waals surface area contributed by atoms with Crippen LogP contribution in [-0.4, -0.2) is 45.2 Å². The largest absolute Gasteiger partial charge is 0.487 e. The second-order valence-electron chi connectivity index (χ2n) is 6.25. The zero-order valence-electron chi connectivity index (χ0n) is 14.5. The van der Waals surface area contributed by atoms with Crippen molar-refractivity contribution in [1.82, 2.24) is 14.9 Å². The molecule has 1 unspecified atom stereocenters. The van der Waals surface area contributed by atoms with Crippen LogP contribution in [0.1, 0.15) is 18.2 Å². The highest BCUT2D eigenvalue weighted by Gasteiger charge is 2.35. The van der Waals surface area contributed by atoms with Crippen LogP contribution in [0.3, 0.4) is 0 Å². The van der Waals surface area contributed by atoms with Crippen molar-refractivity contribution in [2.45, 2.75) is 37.3 Å². The number of likely N-dealkylation sites (tertiary alicyclic amines) is 1. The van der Waals surface area contributed by atoms with Crippen LogP contribution >= 0.6 is 11.8 Å². The third-order valence-electron chi connectivity index (χ3n) is 3.94. The average Bonchev–Trinajstić information content (AvgIpc) is 2.49. The van der Waals surface area contributed by atoms with E-state index in [-0.39, 0.29) is 22.8 Å². The van der Waals surface area contributed by atoms with Gasteiger partial charge in [-0.3, -0.25) is 9.59 Å². The number of carbonyl (C=O) groups is 1. The number of benzene rings is 1. The number of hydrogen-bond donors (Lipinski definition) is 1. The Hall–Kier alpha value is -2.28. The standard InChI is InChI=1S/C18H21N3O3S/c1-11-5-4-6-14(7-11)24-15-9-21(10-15)17(23)13(3)25-18-19-12(2)8-16(22)20-18/h4-8,13,15H,9-10H2,1-3H3,(H,19,20,22). The van der Waals surface area contributed by atoms with Gasteiger partial charge in [0.15, 0.2) is 5.16 Å². The molecular formula is C18H21N3O3S. The van der Waals surface area contributed by atoms with Gasteiger partial charge >= 0.3 is 0 Å². The van der Waals surface area contributed by atoms with E-state index >= 15 is 0 Å². The number of H-pyrrole nitrogens is 1. The molecule has 2 heterocycles. The van der Waals surface area contributed by atoms with Crippen molar-refractivity contribution in [1.29, 1.82) is 0 Å². The summed E-state index contributed by atoms with van der Waals surface area (Å²) in [4.78, 5) is 32.6. The molecule has 1 atom stereocenters. The maximum absolute atomic E-state index is 12.5. The lowest BCUT2D eigenvalue weighted by atomic mass is 10.1. The molecule has 3 rings (SSSR count). The number of rotatable bonds is 5. The maximum Gasteiger partial charge on any atom is 0.251 e. The Labute approximate surface area is 150 Å². The topological polar surface area (TPSA) is 75.3 Å². The third-order valence-corrected chi connectivity index (χ3v) is 4.91. The molecule has 1 aliphatic rings. The number of carbonyl (C=O) groups excluding carboxylic acids is 1. The van der Waals surface area contributed by atoms with Gasteiger partial charge in [-0.15, -0.1) is 0 Å². The molecule has 2 aromatic rings. The van der Waals surface area contributed by atoms with Gasteiger partial charge in [0.1, 0.15) is 11.9 Å². The van der Waals surface area contributed by atoms with Gasteiger partial charge < -0.3 is 14.6 Å². The predicted octanol–water partition coefficient (Wildman–Crippen LogP) is 2.16. The van der Waals surface area contributed by atoms with Crippen LogP contribution in [0.25, 0.3) is 0 Å². The fraction of sp³-hybridized carbons (Fsp3) is 0.389. The van der Waals surface area contributed by atoms with Gasteiger partial charge in [0.25, 0.3) is 5.56 Å². The van der Waals surface area contributed by atoms with Crippen molar-refractivity contribution < 1.29 is 9.53 Å². The maximum atomic E-state index is 12.5. The Kier molecular flexibility index (Phi) is 5.13. The first-order chi connectivity index (χ1) is 11.9. The second kappa shape index (κ2) is 7.31. The normalized spacial score (nSPS) is 15.6. The molecule has 0 radical (unpaired) electrons. The number of amides is 1. The summed E-state index contributed by atoms with van der Waals surface area (Å²) in [6.45, 7) is 6.76. The van der Waals surface area contributed by atoms with Crippen LogP contribution < -0.4 is 10.3 Å². The number of ether oxygens (including phenoxy) is 1. The minimum atomic E-state index is -0.315. The number of hydrogen-bond acceptors (Lipinski definition) is 5. The molecule has 1 saturated heterocycles. The van der Waals surface area contributed by atoms with Gasteiger partial charge in [0.2, 0.25) is 5.91 Å².